The Kier molecular flexibility index (Phi) is 7.72. The van der Waals surface area contributed by atoms with Crippen molar-refractivity contribution >= 4 is 17.5 Å². The van der Waals surface area contributed by atoms with Crippen molar-refractivity contribution in [3.63, 3.8) is 0 Å². The summed E-state index contributed by atoms with van der Waals surface area (Å²) in [4.78, 5) is 25.0. The molecule has 1 fully saturated rings. The van der Waals surface area contributed by atoms with E-state index in [1.54, 1.807) is 19.2 Å². The Bertz CT molecular complexity index is 1340. The third kappa shape index (κ3) is 6.15. The molecule has 0 atom stereocenters. The van der Waals surface area contributed by atoms with Gasteiger partial charge in [0.25, 0.3) is 0 Å². The number of ether oxygens (including phenoxy) is 2. The number of alkyl halides is 3. The van der Waals surface area contributed by atoms with E-state index in [0.29, 0.717) is 41.2 Å². The number of benzene rings is 2. The number of carbonyl (C=O) groups excluding carboxylic acids is 1. The van der Waals surface area contributed by atoms with Gasteiger partial charge < -0.3 is 15.2 Å². The van der Waals surface area contributed by atoms with E-state index in [-0.39, 0.29) is 37.3 Å². The number of nitrogen functional groups attached to an aromatic ring is 1. The zero-order valence-electron chi connectivity index (χ0n) is 21.6. The van der Waals surface area contributed by atoms with Crippen LogP contribution in [0.5, 0.6) is 6.01 Å². The van der Waals surface area contributed by atoms with Crippen LogP contribution in [0.15, 0.2) is 42.5 Å². The minimum Gasteiger partial charge on any atom is -0.461 e. The molecule has 0 saturated carbocycles. The Morgan fingerprint density at radius 1 is 0.949 bits per heavy atom. The van der Waals surface area contributed by atoms with Crippen LogP contribution in [0.3, 0.4) is 0 Å². The third-order valence-corrected chi connectivity index (χ3v) is 6.95. The van der Waals surface area contributed by atoms with Crippen LogP contribution in [0.4, 0.5) is 24.8 Å². The van der Waals surface area contributed by atoms with Gasteiger partial charge in [0, 0.05) is 19.2 Å². The van der Waals surface area contributed by atoms with Crippen LogP contribution in [-0.4, -0.2) is 54.2 Å². The van der Waals surface area contributed by atoms with Crippen LogP contribution in [-0.2, 0) is 35.2 Å². The lowest BCUT2D eigenvalue weighted by Crippen LogP contribution is -2.26. The van der Waals surface area contributed by atoms with Gasteiger partial charge >= 0.3 is 12.2 Å². The Hall–Kier alpha value is -3.70. The Labute approximate surface area is 224 Å². The van der Waals surface area contributed by atoms with Crippen molar-refractivity contribution in [2.75, 3.05) is 44.0 Å². The predicted molar refractivity (Wildman–Crippen MR) is 140 cm³/mol. The van der Waals surface area contributed by atoms with Gasteiger partial charge in [0.2, 0.25) is 5.91 Å². The average molecular weight is 542 g/mol. The molecular weight excluding hydrogens is 511 g/mol. The van der Waals surface area contributed by atoms with Crippen molar-refractivity contribution < 1.29 is 27.4 Å². The lowest BCUT2D eigenvalue weighted by atomic mass is 9.98. The summed E-state index contributed by atoms with van der Waals surface area (Å²) in [7, 11) is 1.55. The van der Waals surface area contributed by atoms with Gasteiger partial charge in [0.15, 0.2) is 0 Å². The monoisotopic (exact) mass is 541 g/mol. The molecule has 1 aromatic heterocycles. The molecular formula is C28H30F3N5O3. The lowest BCUT2D eigenvalue weighted by molar-refractivity contribution is -0.137. The van der Waals surface area contributed by atoms with Crippen molar-refractivity contribution in [1.29, 1.82) is 0 Å². The fourth-order valence-electron chi connectivity index (χ4n) is 4.97. The fourth-order valence-corrected chi connectivity index (χ4v) is 4.97. The summed E-state index contributed by atoms with van der Waals surface area (Å²) < 4.78 is 51.5. The summed E-state index contributed by atoms with van der Waals surface area (Å²) in [6.45, 7) is 3.10. The number of aromatic nitrogens is 2. The zero-order valence-corrected chi connectivity index (χ0v) is 21.6. The Morgan fingerprint density at radius 3 is 2.38 bits per heavy atom. The normalized spacial score (nSPS) is 15.7. The second-order valence-corrected chi connectivity index (χ2v) is 9.79. The maximum atomic E-state index is 13.7. The average Bonchev–Trinajstić information content (AvgIpc) is 3.52. The number of nitrogens with two attached hydrogens (primary N) is 1. The van der Waals surface area contributed by atoms with Gasteiger partial charge in [-0.1, -0.05) is 24.3 Å². The molecule has 2 N–H and O–H groups in total. The number of methoxy groups -OCH3 is 1. The molecule has 11 heteroatoms. The van der Waals surface area contributed by atoms with Crippen LogP contribution in [0.1, 0.15) is 35.1 Å². The maximum absolute atomic E-state index is 13.7. The second kappa shape index (κ2) is 11.2. The van der Waals surface area contributed by atoms with Crippen molar-refractivity contribution in [3.8, 4) is 17.1 Å². The van der Waals surface area contributed by atoms with Crippen LogP contribution in [0, 0.1) is 0 Å². The molecule has 2 aromatic carbocycles. The molecule has 206 valence electrons. The number of likely N-dealkylation sites (tertiary alicyclic amines) is 1. The first kappa shape index (κ1) is 26.9. The van der Waals surface area contributed by atoms with E-state index >= 15 is 0 Å². The molecule has 5 rings (SSSR count). The van der Waals surface area contributed by atoms with Gasteiger partial charge in [0.1, 0.15) is 18.2 Å². The minimum absolute atomic E-state index is 0.0626. The van der Waals surface area contributed by atoms with Crippen molar-refractivity contribution in [2.24, 2.45) is 0 Å². The summed E-state index contributed by atoms with van der Waals surface area (Å²) in [5, 5.41) is 0. The zero-order chi connectivity index (χ0) is 27.6. The van der Waals surface area contributed by atoms with Gasteiger partial charge in [-0.05, 0) is 66.4 Å². The van der Waals surface area contributed by atoms with E-state index in [4.69, 9.17) is 15.2 Å². The molecule has 2 aliphatic rings. The number of rotatable bonds is 9. The van der Waals surface area contributed by atoms with Crippen molar-refractivity contribution in [3.05, 3.63) is 64.7 Å². The van der Waals surface area contributed by atoms with Gasteiger partial charge in [-0.3, -0.25) is 14.6 Å². The summed E-state index contributed by atoms with van der Waals surface area (Å²) in [6, 6.07) is 11.5. The van der Waals surface area contributed by atoms with Crippen LogP contribution >= 0.6 is 0 Å². The molecule has 1 saturated heterocycles. The number of hydrogen-bond acceptors (Lipinski definition) is 7. The van der Waals surface area contributed by atoms with Gasteiger partial charge in [-0.25, -0.2) is 0 Å². The summed E-state index contributed by atoms with van der Waals surface area (Å²) in [5.41, 5.74) is 8.57. The molecule has 0 bridgehead atoms. The van der Waals surface area contributed by atoms with E-state index in [1.165, 1.54) is 17.0 Å². The highest BCUT2D eigenvalue weighted by molar-refractivity contribution is 6.01. The molecule has 1 amide bonds. The highest BCUT2D eigenvalue weighted by atomic mass is 19.4. The smallest absolute Gasteiger partial charge is 0.416 e. The number of carbonyl (C=O) groups is 1. The van der Waals surface area contributed by atoms with Gasteiger partial charge in [0.05, 0.1) is 25.1 Å². The molecule has 39 heavy (non-hydrogen) atoms. The fraction of sp³-hybridized carbons (Fsp3) is 0.393. The Balaban J connectivity index is 1.37. The first-order valence-corrected chi connectivity index (χ1v) is 12.8. The van der Waals surface area contributed by atoms with E-state index in [1.807, 2.05) is 18.2 Å². The van der Waals surface area contributed by atoms with E-state index in [2.05, 4.69) is 14.9 Å². The van der Waals surface area contributed by atoms with Crippen molar-refractivity contribution in [1.82, 2.24) is 14.9 Å². The highest BCUT2D eigenvalue weighted by Gasteiger charge is 2.33. The molecule has 0 radical (unpaired) electrons. The Morgan fingerprint density at radius 2 is 1.69 bits per heavy atom. The quantitative estimate of drug-likeness (QED) is 0.400. The predicted octanol–water partition coefficient (Wildman–Crippen LogP) is 4.45. The van der Waals surface area contributed by atoms with E-state index in [9.17, 15) is 18.0 Å². The van der Waals surface area contributed by atoms with Crippen LogP contribution in [0.25, 0.3) is 11.1 Å². The van der Waals surface area contributed by atoms with E-state index < -0.39 is 11.7 Å². The molecule has 3 aromatic rings. The second-order valence-electron chi connectivity index (χ2n) is 9.79. The molecule has 2 aliphatic heterocycles. The third-order valence-electron chi connectivity index (χ3n) is 6.95. The standard InChI is InChI=1S/C28H30F3N5O3/c1-38-10-11-39-27-33-25(32)23-15-24(37)36(26(23)34-27)17-18-4-6-20(7-5-18)21-12-19(16-35-8-2-3-9-35)13-22(14-21)28(29,30)31/h4-7,12-14H,2-3,8-11,15-17H2,1H3,(H2,32,33,34). The number of halogens is 3. The minimum atomic E-state index is -4.44. The molecule has 0 spiro atoms. The van der Waals surface area contributed by atoms with Crippen molar-refractivity contribution in [2.45, 2.75) is 38.5 Å². The first-order valence-electron chi connectivity index (χ1n) is 12.8. The molecule has 0 aliphatic carbocycles. The number of hydrogen-bond donors (Lipinski definition) is 1. The highest BCUT2D eigenvalue weighted by Crippen LogP contribution is 2.35. The number of fused-ring (bicyclic) bond motifs is 1. The summed E-state index contributed by atoms with van der Waals surface area (Å²) >= 11 is 0. The molecule has 3 heterocycles. The summed E-state index contributed by atoms with van der Waals surface area (Å²) in [5.74, 6) is 0.412. The number of amides is 1. The van der Waals surface area contributed by atoms with Gasteiger partial charge in [-0.2, -0.15) is 23.1 Å². The van der Waals surface area contributed by atoms with E-state index in [0.717, 1.165) is 31.5 Å². The van der Waals surface area contributed by atoms with Gasteiger partial charge in [-0.15, -0.1) is 0 Å². The largest absolute Gasteiger partial charge is 0.461 e. The topological polar surface area (TPSA) is 93.8 Å². The van der Waals surface area contributed by atoms with Crippen LogP contribution in [0.2, 0.25) is 0 Å². The molecule has 0 unspecified atom stereocenters. The molecule has 8 nitrogen and oxygen atoms in total. The number of nitrogens with zero attached hydrogens (tertiary/aromatic N) is 4. The summed E-state index contributed by atoms with van der Waals surface area (Å²) in [6.07, 6.45) is -2.22. The SMILES string of the molecule is COCCOc1nc(N)c2c(n1)N(Cc1ccc(-c3cc(CN4CCCC4)cc(C(F)(F)F)c3)cc1)C(=O)C2. The van der Waals surface area contributed by atoms with Crippen LogP contribution < -0.4 is 15.4 Å². The lowest BCUT2D eigenvalue weighted by Gasteiger charge is -2.19. The number of anilines is 2. The first-order chi connectivity index (χ1) is 18.7. The maximum Gasteiger partial charge on any atom is 0.416 e.